The van der Waals surface area contributed by atoms with Gasteiger partial charge in [0.05, 0.1) is 17.4 Å². The number of aryl methyl sites for hydroxylation is 1. The minimum atomic E-state index is -4.35. The largest absolute Gasteiger partial charge is 0.469 e. The minimum absolute atomic E-state index is 0.107. The van der Waals surface area contributed by atoms with Crippen molar-refractivity contribution in [3.63, 3.8) is 0 Å². The molecule has 0 unspecified atom stereocenters. The van der Waals surface area contributed by atoms with Gasteiger partial charge in [0.2, 0.25) is 0 Å². The molecule has 24 heavy (non-hydrogen) atoms. The lowest BCUT2D eigenvalue weighted by Gasteiger charge is -2.36. The molecule has 4 nitrogen and oxygen atoms in total. The molecule has 1 aliphatic heterocycles. The van der Waals surface area contributed by atoms with Gasteiger partial charge < -0.3 is 14.2 Å². The van der Waals surface area contributed by atoms with Gasteiger partial charge in [-0.1, -0.05) is 6.07 Å². The van der Waals surface area contributed by atoms with E-state index in [4.69, 9.17) is 4.42 Å². The third-order valence-electron chi connectivity index (χ3n) is 4.19. The number of nitrogens with zero attached hydrogens (tertiary/aromatic N) is 2. The Morgan fingerprint density at radius 1 is 1.12 bits per heavy atom. The lowest BCUT2D eigenvalue weighted by Crippen LogP contribution is -2.48. The second-order valence-corrected chi connectivity index (χ2v) is 5.72. The highest BCUT2D eigenvalue weighted by molar-refractivity contribution is 5.95. The Morgan fingerprint density at radius 2 is 1.83 bits per heavy atom. The van der Waals surface area contributed by atoms with Crippen molar-refractivity contribution in [2.75, 3.05) is 31.1 Å². The van der Waals surface area contributed by atoms with Crippen LogP contribution in [-0.4, -0.2) is 37.0 Å². The zero-order chi connectivity index (χ0) is 17.3. The van der Waals surface area contributed by atoms with Crippen molar-refractivity contribution in [2.45, 2.75) is 13.1 Å². The normalized spacial score (nSPS) is 15.7. The molecular weight excluding hydrogens is 321 g/mol. The molecule has 3 rings (SSSR count). The van der Waals surface area contributed by atoms with Gasteiger partial charge in [0, 0.05) is 31.9 Å². The molecule has 1 aromatic carbocycles. The van der Waals surface area contributed by atoms with E-state index in [1.54, 1.807) is 24.0 Å². The second kappa shape index (κ2) is 6.22. The van der Waals surface area contributed by atoms with Crippen LogP contribution in [0.2, 0.25) is 0 Å². The molecule has 1 saturated heterocycles. The molecule has 1 amide bonds. The highest BCUT2D eigenvalue weighted by Gasteiger charge is 2.31. The highest BCUT2D eigenvalue weighted by Crippen LogP contribution is 2.32. The monoisotopic (exact) mass is 338 g/mol. The first-order valence-corrected chi connectivity index (χ1v) is 7.62. The van der Waals surface area contributed by atoms with Crippen LogP contribution < -0.4 is 4.90 Å². The van der Waals surface area contributed by atoms with Crippen molar-refractivity contribution < 1.29 is 22.4 Å². The smallest absolute Gasteiger partial charge is 0.416 e. The average molecular weight is 338 g/mol. The maximum atomic E-state index is 12.8. The molecule has 0 bridgehead atoms. The van der Waals surface area contributed by atoms with Crippen LogP contribution in [0.4, 0.5) is 18.9 Å². The number of carbonyl (C=O) groups excluding carboxylic acids is 1. The van der Waals surface area contributed by atoms with E-state index in [1.165, 1.54) is 12.3 Å². The maximum absolute atomic E-state index is 12.8. The molecule has 0 saturated carbocycles. The fourth-order valence-electron chi connectivity index (χ4n) is 2.82. The van der Waals surface area contributed by atoms with Gasteiger partial charge in [-0.15, -0.1) is 0 Å². The molecule has 7 heteroatoms. The Morgan fingerprint density at radius 3 is 2.42 bits per heavy atom. The number of amides is 1. The summed E-state index contributed by atoms with van der Waals surface area (Å²) in [6, 6.07) is 6.91. The summed E-state index contributed by atoms with van der Waals surface area (Å²) in [6.45, 7) is 3.62. The summed E-state index contributed by atoms with van der Waals surface area (Å²) in [5.74, 6) is 0.463. The summed E-state index contributed by atoms with van der Waals surface area (Å²) in [5.41, 5.74) is 0.395. The summed E-state index contributed by atoms with van der Waals surface area (Å²) in [7, 11) is 0. The van der Waals surface area contributed by atoms with E-state index < -0.39 is 11.7 Å². The molecule has 0 radical (unpaired) electrons. The van der Waals surface area contributed by atoms with E-state index >= 15 is 0 Å². The summed E-state index contributed by atoms with van der Waals surface area (Å²) in [4.78, 5) is 16.0. The van der Waals surface area contributed by atoms with E-state index in [0.29, 0.717) is 43.2 Å². The molecule has 2 heterocycles. The average Bonchev–Trinajstić information content (AvgIpc) is 3.00. The quantitative estimate of drug-likeness (QED) is 0.840. The van der Waals surface area contributed by atoms with Gasteiger partial charge in [-0.05, 0) is 31.2 Å². The van der Waals surface area contributed by atoms with E-state index in [-0.39, 0.29) is 5.91 Å². The number of alkyl halides is 3. The van der Waals surface area contributed by atoms with Gasteiger partial charge in [0.1, 0.15) is 5.76 Å². The summed E-state index contributed by atoms with van der Waals surface area (Å²) in [6.07, 6.45) is -2.88. The van der Waals surface area contributed by atoms with Gasteiger partial charge in [0.25, 0.3) is 5.91 Å². The Bertz CT molecular complexity index is 731. The van der Waals surface area contributed by atoms with Crippen LogP contribution in [0, 0.1) is 6.92 Å². The van der Waals surface area contributed by atoms with Gasteiger partial charge in [0.15, 0.2) is 0 Å². The standard InChI is InChI=1S/C17H17F3N2O2/c1-12-15(5-10-24-12)16(23)22-8-6-21(7-9-22)14-4-2-3-13(11-14)17(18,19)20/h2-5,10-11H,6-9H2,1H3. The van der Waals surface area contributed by atoms with E-state index in [9.17, 15) is 18.0 Å². The molecule has 2 aromatic rings. The van der Waals surface area contributed by atoms with Crippen molar-refractivity contribution in [3.05, 3.63) is 53.5 Å². The van der Waals surface area contributed by atoms with Gasteiger partial charge >= 0.3 is 6.18 Å². The number of hydrogen-bond donors (Lipinski definition) is 0. The zero-order valence-electron chi connectivity index (χ0n) is 13.1. The summed E-state index contributed by atoms with van der Waals surface area (Å²) in [5, 5.41) is 0. The van der Waals surface area contributed by atoms with Crippen LogP contribution in [0.3, 0.4) is 0 Å². The fraction of sp³-hybridized carbons (Fsp3) is 0.353. The minimum Gasteiger partial charge on any atom is -0.469 e. The van der Waals surface area contributed by atoms with Crippen molar-refractivity contribution in [1.29, 1.82) is 0 Å². The first-order chi connectivity index (χ1) is 11.4. The number of hydrogen-bond acceptors (Lipinski definition) is 3. The first kappa shape index (κ1) is 16.4. The van der Waals surface area contributed by atoms with Crippen molar-refractivity contribution in [2.24, 2.45) is 0 Å². The Hall–Kier alpha value is -2.44. The molecule has 1 fully saturated rings. The molecule has 0 aliphatic carbocycles. The SMILES string of the molecule is Cc1occc1C(=O)N1CCN(c2cccc(C(F)(F)F)c2)CC1. The van der Waals surface area contributed by atoms with E-state index in [0.717, 1.165) is 12.1 Å². The third-order valence-corrected chi connectivity index (χ3v) is 4.19. The van der Waals surface area contributed by atoms with Crippen molar-refractivity contribution in [3.8, 4) is 0 Å². The van der Waals surface area contributed by atoms with Crippen LogP contribution in [0.5, 0.6) is 0 Å². The highest BCUT2D eigenvalue weighted by atomic mass is 19.4. The molecule has 128 valence electrons. The van der Waals surface area contributed by atoms with Crippen LogP contribution in [-0.2, 0) is 6.18 Å². The van der Waals surface area contributed by atoms with Crippen LogP contribution in [0.1, 0.15) is 21.7 Å². The lowest BCUT2D eigenvalue weighted by molar-refractivity contribution is -0.137. The number of benzene rings is 1. The number of furan rings is 1. The van der Waals surface area contributed by atoms with Gasteiger partial charge in [-0.25, -0.2) is 0 Å². The van der Waals surface area contributed by atoms with E-state index in [1.807, 2.05) is 4.90 Å². The maximum Gasteiger partial charge on any atom is 0.416 e. The topological polar surface area (TPSA) is 36.7 Å². The summed E-state index contributed by atoms with van der Waals surface area (Å²) >= 11 is 0. The van der Waals surface area contributed by atoms with Crippen LogP contribution in [0.15, 0.2) is 41.0 Å². The Kier molecular flexibility index (Phi) is 4.26. The summed E-state index contributed by atoms with van der Waals surface area (Å²) < 4.78 is 43.6. The number of rotatable bonds is 2. The third kappa shape index (κ3) is 3.25. The van der Waals surface area contributed by atoms with Gasteiger partial charge in [-0.3, -0.25) is 4.79 Å². The predicted octanol–water partition coefficient (Wildman–Crippen LogP) is 3.57. The molecule has 0 atom stereocenters. The van der Waals surface area contributed by atoms with E-state index in [2.05, 4.69) is 0 Å². The lowest BCUT2D eigenvalue weighted by atomic mass is 10.1. The van der Waals surface area contributed by atoms with Crippen LogP contribution >= 0.6 is 0 Å². The van der Waals surface area contributed by atoms with Crippen LogP contribution in [0.25, 0.3) is 0 Å². The molecule has 0 N–H and O–H groups in total. The number of halogens is 3. The fourth-order valence-corrected chi connectivity index (χ4v) is 2.82. The number of carbonyl (C=O) groups is 1. The predicted molar refractivity (Wildman–Crippen MR) is 83.0 cm³/mol. The number of piperazine rings is 1. The first-order valence-electron chi connectivity index (χ1n) is 7.62. The zero-order valence-corrected chi connectivity index (χ0v) is 13.1. The molecule has 1 aromatic heterocycles. The Labute approximate surface area is 137 Å². The molecule has 0 spiro atoms. The molecule has 1 aliphatic rings. The van der Waals surface area contributed by atoms with Crippen molar-refractivity contribution in [1.82, 2.24) is 4.90 Å². The van der Waals surface area contributed by atoms with Gasteiger partial charge in [-0.2, -0.15) is 13.2 Å². The second-order valence-electron chi connectivity index (χ2n) is 5.72. The van der Waals surface area contributed by atoms with Crippen molar-refractivity contribution >= 4 is 11.6 Å². The number of anilines is 1. The molecular formula is C17H17F3N2O2. The Balaban J connectivity index is 1.67.